The number of aromatic nitrogens is 4. The van der Waals surface area contributed by atoms with Crippen LogP contribution < -0.4 is 5.43 Å². The van der Waals surface area contributed by atoms with Crippen LogP contribution in [0.2, 0.25) is 10.2 Å². The SMILES string of the molecule is CCOC(=O)c1cnc2ccc(Cl)nc2c1Cl.CCc1c[nH]c2ccc(Br)nc2c1=O.O=C=O.O=P(Cl)(Cl)Cl. The number of carbonyl (C=O) groups is 1. The van der Waals surface area contributed by atoms with E-state index >= 15 is 0 Å². The molecule has 0 aliphatic rings. The summed E-state index contributed by atoms with van der Waals surface area (Å²) in [6.45, 7) is 3.94. The molecule has 0 unspecified atom stereocenters. The number of esters is 1. The van der Waals surface area contributed by atoms with Crippen LogP contribution in [0.4, 0.5) is 0 Å². The third kappa shape index (κ3) is 11.9. The normalized spacial score (nSPS) is 10.2. The molecule has 208 valence electrons. The summed E-state index contributed by atoms with van der Waals surface area (Å²) in [6.07, 6.45) is 4.10. The van der Waals surface area contributed by atoms with Gasteiger partial charge in [0.15, 0.2) is 0 Å². The van der Waals surface area contributed by atoms with Gasteiger partial charge in [-0.05, 0) is 87.3 Å². The molecule has 0 saturated heterocycles. The van der Waals surface area contributed by atoms with E-state index in [4.69, 9.17) is 37.5 Å². The fourth-order valence-corrected chi connectivity index (χ4v) is 3.46. The van der Waals surface area contributed by atoms with Crippen molar-refractivity contribution in [3.63, 3.8) is 0 Å². The first-order valence-corrected chi connectivity index (χ1v) is 16.4. The number of nitrogens with one attached hydrogen (secondary N) is 1. The van der Waals surface area contributed by atoms with E-state index in [1.165, 1.54) is 6.20 Å². The number of aryl methyl sites for hydroxylation is 1. The van der Waals surface area contributed by atoms with Gasteiger partial charge in [-0.3, -0.25) is 14.3 Å². The molecule has 0 aliphatic carbocycles. The molecule has 0 bridgehead atoms. The van der Waals surface area contributed by atoms with E-state index in [0.29, 0.717) is 26.3 Å². The molecule has 10 nitrogen and oxygen atoms in total. The Hall–Kier alpha value is -2.07. The summed E-state index contributed by atoms with van der Waals surface area (Å²) in [5, 5.41) is -2.72. The van der Waals surface area contributed by atoms with E-state index in [-0.39, 0.29) is 28.8 Å². The molecule has 0 aliphatic heterocycles. The van der Waals surface area contributed by atoms with Gasteiger partial charge in [-0.25, -0.2) is 14.8 Å². The highest BCUT2D eigenvalue weighted by molar-refractivity contribution is 9.10. The molecule has 4 rings (SSSR count). The lowest BCUT2D eigenvalue weighted by atomic mass is 10.2. The Morgan fingerprint density at radius 1 is 1.08 bits per heavy atom. The number of rotatable bonds is 3. The summed E-state index contributed by atoms with van der Waals surface area (Å²) in [5.41, 5.74) is 3.22. The summed E-state index contributed by atoms with van der Waals surface area (Å²) >= 11 is 29.0. The van der Waals surface area contributed by atoms with Crippen molar-refractivity contribution in [2.75, 3.05) is 6.61 Å². The number of pyridine rings is 4. The molecule has 39 heavy (non-hydrogen) atoms. The smallest absolute Gasteiger partial charge is 0.373 e. The lowest BCUT2D eigenvalue weighted by Crippen LogP contribution is -2.10. The predicted octanol–water partition coefficient (Wildman–Crippen LogP) is 7.59. The minimum Gasteiger partial charge on any atom is -0.462 e. The lowest BCUT2D eigenvalue weighted by Gasteiger charge is -2.05. The van der Waals surface area contributed by atoms with Crippen LogP contribution in [0.3, 0.4) is 0 Å². The molecule has 0 amide bonds. The van der Waals surface area contributed by atoms with Crippen molar-refractivity contribution in [3.8, 4) is 0 Å². The predicted molar refractivity (Wildman–Crippen MR) is 155 cm³/mol. The van der Waals surface area contributed by atoms with E-state index in [1.54, 1.807) is 25.3 Å². The fraction of sp³-hybridized carbons (Fsp3) is 0.182. The molecule has 0 radical (unpaired) electrons. The van der Waals surface area contributed by atoms with Crippen molar-refractivity contribution in [1.29, 1.82) is 0 Å². The van der Waals surface area contributed by atoms with Gasteiger partial charge in [0.1, 0.15) is 20.8 Å². The molecule has 0 atom stereocenters. The van der Waals surface area contributed by atoms with Crippen LogP contribution in [-0.2, 0) is 25.3 Å². The Bertz CT molecular complexity index is 1590. The maximum Gasteiger partial charge on any atom is 0.373 e. The van der Waals surface area contributed by atoms with Gasteiger partial charge in [0.2, 0.25) is 5.43 Å². The van der Waals surface area contributed by atoms with Crippen LogP contribution in [0.25, 0.3) is 22.1 Å². The Kier molecular flexibility index (Phi) is 15.1. The Morgan fingerprint density at radius 2 is 1.69 bits per heavy atom. The van der Waals surface area contributed by atoms with Gasteiger partial charge in [-0.2, -0.15) is 9.59 Å². The van der Waals surface area contributed by atoms with Crippen LogP contribution in [0.5, 0.6) is 0 Å². The molecule has 0 spiro atoms. The van der Waals surface area contributed by atoms with Crippen molar-refractivity contribution >= 4 is 112 Å². The van der Waals surface area contributed by atoms with Crippen LogP contribution in [0, 0.1) is 0 Å². The van der Waals surface area contributed by atoms with Crippen LogP contribution in [0.15, 0.2) is 46.1 Å². The second-order valence-electron chi connectivity index (χ2n) is 6.72. The van der Waals surface area contributed by atoms with E-state index < -0.39 is 11.2 Å². The van der Waals surface area contributed by atoms with Gasteiger partial charge in [-0.1, -0.05) is 30.1 Å². The number of nitrogens with zero attached hydrogens (tertiary/aromatic N) is 3. The standard InChI is InChI=1S/C11H8Cl2N2O2.C10H9BrN2O.CO2.Cl3OP/c1-2-17-11(16)6-5-14-7-3-4-8(12)15-10(7)9(6)13;1-2-6-5-12-7-3-4-8(11)13-9(7)10(6)14;2-1-3;1-5(2,3)4/h3-5H,2H2,1H3;3-5H,2H2,1H3,(H,12,14);;. The number of H-pyrrole nitrogens is 1. The second kappa shape index (κ2) is 16.9. The van der Waals surface area contributed by atoms with E-state index in [2.05, 4.69) is 69.6 Å². The van der Waals surface area contributed by atoms with Crippen molar-refractivity contribution in [2.24, 2.45) is 0 Å². The van der Waals surface area contributed by atoms with Crippen molar-refractivity contribution < 1.29 is 23.7 Å². The highest BCUT2D eigenvalue weighted by Crippen LogP contribution is 2.61. The number of hydrogen-bond acceptors (Lipinski definition) is 9. The number of fused-ring (bicyclic) bond motifs is 2. The highest BCUT2D eigenvalue weighted by Gasteiger charge is 2.16. The number of hydrogen-bond donors (Lipinski definition) is 1. The van der Waals surface area contributed by atoms with Gasteiger partial charge >= 0.3 is 17.3 Å². The third-order valence-corrected chi connectivity index (χ3v) is 5.30. The summed E-state index contributed by atoms with van der Waals surface area (Å²) in [4.78, 5) is 55.0. The first kappa shape index (κ1) is 35.0. The molecule has 4 heterocycles. The van der Waals surface area contributed by atoms with E-state index in [1.807, 2.05) is 19.1 Å². The Morgan fingerprint density at radius 3 is 2.26 bits per heavy atom. The molecule has 0 aromatic carbocycles. The summed E-state index contributed by atoms with van der Waals surface area (Å²) in [5.74, 6) is -0.520. The van der Waals surface area contributed by atoms with E-state index in [0.717, 1.165) is 17.5 Å². The molecule has 17 heteroatoms. The monoisotopic (exact) mass is 718 g/mol. The summed E-state index contributed by atoms with van der Waals surface area (Å²) in [6, 6.07) is 6.94. The van der Waals surface area contributed by atoms with Crippen molar-refractivity contribution in [1.82, 2.24) is 19.9 Å². The zero-order valence-electron chi connectivity index (χ0n) is 19.9. The molecule has 0 saturated carbocycles. The summed E-state index contributed by atoms with van der Waals surface area (Å²) in [7, 11) is 0. The van der Waals surface area contributed by atoms with Crippen LogP contribution in [-0.4, -0.2) is 38.7 Å². The highest BCUT2D eigenvalue weighted by atomic mass is 79.9. The molecular weight excluding hydrogens is 704 g/mol. The topological polar surface area (TPSA) is 149 Å². The third-order valence-electron chi connectivity index (χ3n) is 4.26. The largest absolute Gasteiger partial charge is 0.462 e. The number of carbonyl (C=O) groups excluding carboxylic acids is 3. The molecule has 1 N–H and O–H groups in total. The Balaban J connectivity index is 0.000000310. The van der Waals surface area contributed by atoms with Crippen LogP contribution >= 0.6 is 78.1 Å². The van der Waals surface area contributed by atoms with Gasteiger partial charge in [0, 0.05) is 18.0 Å². The number of aromatic amines is 1. The minimum absolute atomic E-state index is 0.0163. The average Bonchev–Trinajstić information content (AvgIpc) is 2.85. The Labute approximate surface area is 254 Å². The first-order valence-electron chi connectivity index (χ1n) is 10.4. The molecule has 4 aromatic rings. The lowest BCUT2D eigenvalue weighted by molar-refractivity contribution is -0.191. The summed E-state index contributed by atoms with van der Waals surface area (Å²) < 4.78 is 15.1. The minimum atomic E-state index is -3.22. The fourth-order valence-electron chi connectivity index (χ4n) is 2.73. The zero-order chi connectivity index (χ0) is 29.8. The quantitative estimate of drug-likeness (QED) is 0.128. The van der Waals surface area contributed by atoms with E-state index in [9.17, 15) is 14.2 Å². The maximum absolute atomic E-state index is 11.8. The number of ether oxygens (including phenoxy) is 1. The molecule has 4 aromatic heterocycles. The van der Waals surface area contributed by atoms with Crippen molar-refractivity contribution in [3.05, 3.63) is 72.8 Å². The van der Waals surface area contributed by atoms with Gasteiger partial charge in [0.25, 0.3) is 0 Å². The molecule has 0 fully saturated rings. The average molecular weight is 722 g/mol. The van der Waals surface area contributed by atoms with Gasteiger partial charge < -0.3 is 9.72 Å². The second-order valence-corrected chi connectivity index (χ2v) is 14.9. The zero-order valence-corrected chi connectivity index (χ0v) is 26.1. The maximum atomic E-state index is 11.8. The van der Waals surface area contributed by atoms with Crippen molar-refractivity contribution in [2.45, 2.75) is 20.3 Å². The number of halogens is 6. The van der Waals surface area contributed by atoms with Gasteiger partial charge in [0.05, 0.1) is 28.2 Å². The first-order chi connectivity index (χ1) is 18.3. The molecular formula is C22H17BrCl5N4O6P. The van der Waals surface area contributed by atoms with Gasteiger partial charge in [-0.15, -0.1) is 0 Å². The van der Waals surface area contributed by atoms with Crippen LogP contribution in [0.1, 0.15) is 29.8 Å².